The average molecular weight is 383 g/mol. The molecule has 140 valence electrons. The third kappa shape index (κ3) is 5.27. The van der Waals surface area contributed by atoms with Crippen LogP contribution < -0.4 is 5.32 Å². The zero-order valence-corrected chi connectivity index (χ0v) is 16.0. The molecule has 2 aromatic carbocycles. The highest BCUT2D eigenvalue weighted by Crippen LogP contribution is 2.14. The number of carbonyl (C=O) groups excluding carboxylic acids is 1. The number of aromatic nitrogens is 2. The van der Waals surface area contributed by atoms with Gasteiger partial charge in [-0.3, -0.25) is 4.79 Å². The molecule has 0 spiro atoms. The van der Waals surface area contributed by atoms with Crippen LogP contribution in [0.25, 0.3) is 0 Å². The van der Waals surface area contributed by atoms with Gasteiger partial charge in [-0.15, -0.1) is 0 Å². The summed E-state index contributed by atoms with van der Waals surface area (Å²) in [6.45, 7) is 2.58. The van der Waals surface area contributed by atoms with E-state index in [-0.39, 0.29) is 11.7 Å². The van der Waals surface area contributed by atoms with Gasteiger partial charge in [0.2, 0.25) is 0 Å². The Morgan fingerprint density at radius 2 is 1.81 bits per heavy atom. The zero-order valence-electron chi connectivity index (χ0n) is 15.2. The maximum atomic E-state index is 12.5. The number of nitrogens with one attached hydrogen (secondary N) is 1. The molecule has 1 amide bonds. The van der Waals surface area contributed by atoms with Crippen LogP contribution in [0.4, 0.5) is 5.82 Å². The number of rotatable bonds is 6. The largest absolute Gasteiger partial charge is 0.307 e. The lowest BCUT2D eigenvalue weighted by Gasteiger charge is -2.10. The number of aryl methyl sites for hydroxylation is 1. The molecule has 0 aliphatic carbocycles. The van der Waals surface area contributed by atoms with Crippen molar-refractivity contribution >= 4 is 21.6 Å². The number of hydrogen-bond donors (Lipinski definition) is 1. The molecule has 1 N–H and O–H groups in total. The molecule has 3 aromatic rings. The summed E-state index contributed by atoms with van der Waals surface area (Å²) >= 11 is 0. The summed E-state index contributed by atoms with van der Waals surface area (Å²) in [6, 6.07) is 16.4. The summed E-state index contributed by atoms with van der Waals surface area (Å²) in [6.07, 6.45) is 2.82. The highest BCUT2D eigenvalue weighted by Gasteiger charge is 2.11. The van der Waals surface area contributed by atoms with Gasteiger partial charge in [0.05, 0.1) is 18.5 Å². The molecule has 1 heterocycles. The van der Waals surface area contributed by atoms with Gasteiger partial charge < -0.3 is 5.32 Å². The Labute approximate surface area is 158 Å². The zero-order chi connectivity index (χ0) is 19.4. The second-order valence-electron chi connectivity index (χ2n) is 6.58. The van der Waals surface area contributed by atoms with Crippen molar-refractivity contribution in [3.05, 3.63) is 83.0 Å². The Kier molecular flexibility index (Phi) is 5.41. The van der Waals surface area contributed by atoms with Crippen LogP contribution in [0.5, 0.6) is 0 Å². The van der Waals surface area contributed by atoms with Gasteiger partial charge in [0.1, 0.15) is 5.82 Å². The van der Waals surface area contributed by atoms with Gasteiger partial charge in [-0.05, 0) is 30.2 Å². The number of hydrogen-bond acceptors (Lipinski definition) is 4. The normalized spacial score (nSPS) is 11.3. The molecule has 0 saturated carbocycles. The van der Waals surface area contributed by atoms with Crippen LogP contribution in [0.2, 0.25) is 0 Å². The van der Waals surface area contributed by atoms with Crippen molar-refractivity contribution in [3.63, 3.8) is 0 Å². The fourth-order valence-electron chi connectivity index (χ4n) is 2.79. The first-order valence-electron chi connectivity index (χ1n) is 8.45. The van der Waals surface area contributed by atoms with Crippen LogP contribution in [0.3, 0.4) is 0 Å². The van der Waals surface area contributed by atoms with Crippen LogP contribution in [-0.4, -0.2) is 30.4 Å². The average Bonchev–Trinajstić information content (AvgIpc) is 3.01. The molecule has 0 atom stereocenters. The Morgan fingerprint density at radius 1 is 1.07 bits per heavy atom. The summed E-state index contributed by atoms with van der Waals surface area (Å²) in [7, 11) is -3.10. The molecule has 0 unspecified atom stereocenters. The van der Waals surface area contributed by atoms with Gasteiger partial charge in [0.15, 0.2) is 9.84 Å². The van der Waals surface area contributed by atoms with E-state index in [9.17, 15) is 13.2 Å². The second-order valence-corrected chi connectivity index (χ2v) is 8.72. The van der Waals surface area contributed by atoms with Crippen molar-refractivity contribution in [2.45, 2.75) is 19.2 Å². The topological polar surface area (TPSA) is 81.1 Å². The monoisotopic (exact) mass is 383 g/mol. The molecular weight excluding hydrogens is 362 g/mol. The van der Waals surface area contributed by atoms with Crippen LogP contribution in [0, 0.1) is 6.92 Å². The molecule has 0 bridgehead atoms. The summed E-state index contributed by atoms with van der Waals surface area (Å²) in [5.74, 6) is 0.284. The minimum Gasteiger partial charge on any atom is -0.307 e. The third-order valence-electron chi connectivity index (χ3n) is 4.02. The van der Waals surface area contributed by atoms with Gasteiger partial charge in [0, 0.05) is 17.9 Å². The Bertz CT molecular complexity index is 1050. The lowest BCUT2D eigenvalue weighted by Crippen LogP contribution is -2.16. The molecule has 0 fully saturated rings. The van der Waals surface area contributed by atoms with E-state index in [1.165, 1.54) is 11.8 Å². The quantitative estimate of drug-likeness (QED) is 0.709. The molecule has 3 rings (SSSR count). The number of nitrogens with zero attached hydrogens (tertiary/aromatic N) is 2. The maximum absolute atomic E-state index is 12.5. The number of carbonyl (C=O) groups is 1. The summed E-state index contributed by atoms with van der Waals surface area (Å²) in [5.41, 5.74) is 3.37. The predicted octanol–water partition coefficient (Wildman–Crippen LogP) is 3.04. The number of amides is 1. The Morgan fingerprint density at radius 3 is 2.48 bits per heavy atom. The standard InChI is InChI=1S/C20H21N3O3S/c1-15-4-3-5-17(12-15)13-23-19(10-11-21-23)22-20(24)18-8-6-16(7-9-18)14-27(2,25)26/h3-12H,13-14H2,1-2H3,(H,22,24). The number of anilines is 1. The van der Waals surface area contributed by atoms with E-state index in [1.807, 2.05) is 25.1 Å². The number of benzene rings is 2. The Hall–Kier alpha value is -2.93. The molecule has 27 heavy (non-hydrogen) atoms. The molecule has 0 saturated heterocycles. The molecule has 6 nitrogen and oxygen atoms in total. The number of sulfone groups is 1. The van der Waals surface area contributed by atoms with E-state index >= 15 is 0 Å². The van der Waals surface area contributed by atoms with Gasteiger partial charge in [-0.25, -0.2) is 13.1 Å². The first kappa shape index (κ1) is 18.8. The smallest absolute Gasteiger partial charge is 0.256 e. The van der Waals surface area contributed by atoms with Crippen molar-refractivity contribution in [2.24, 2.45) is 0 Å². The second kappa shape index (κ2) is 7.75. The fourth-order valence-corrected chi connectivity index (χ4v) is 3.59. The van der Waals surface area contributed by atoms with Crippen LogP contribution >= 0.6 is 0 Å². The van der Waals surface area contributed by atoms with Gasteiger partial charge in [-0.1, -0.05) is 42.0 Å². The first-order valence-corrected chi connectivity index (χ1v) is 10.5. The summed E-state index contributed by atoms with van der Waals surface area (Å²) < 4.78 is 24.4. The van der Waals surface area contributed by atoms with Crippen LogP contribution in [0.1, 0.15) is 27.0 Å². The fraction of sp³-hybridized carbons (Fsp3) is 0.200. The minimum absolute atomic E-state index is 0.0435. The van der Waals surface area contributed by atoms with E-state index in [0.29, 0.717) is 23.5 Å². The lowest BCUT2D eigenvalue weighted by molar-refractivity contribution is 0.102. The van der Waals surface area contributed by atoms with Gasteiger partial charge in [0.25, 0.3) is 5.91 Å². The highest BCUT2D eigenvalue weighted by atomic mass is 32.2. The van der Waals surface area contributed by atoms with E-state index in [0.717, 1.165) is 5.56 Å². The summed E-state index contributed by atoms with van der Waals surface area (Å²) in [4.78, 5) is 12.5. The molecule has 1 aromatic heterocycles. The van der Waals surface area contributed by atoms with Gasteiger partial charge >= 0.3 is 0 Å². The van der Waals surface area contributed by atoms with Crippen molar-refractivity contribution in [2.75, 3.05) is 11.6 Å². The minimum atomic E-state index is -3.10. The van der Waals surface area contributed by atoms with Gasteiger partial charge in [-0.2, -0.15) is 5.10 Å². The predicted molar refractivity (Wildman–Crippen MR) is 105 cm³/mol. The van der Waals surface area contributed by atoms with Crippen molar-refractivity contribution < 1.29 is 13.2 Å². The molecule has 0 aliphatic rings. The third-order valence-corrected chi connectivity index (χ3v) is 4.88. The van der Waals surface area contributed by atoms with E-state index in [1.54, 1.807) is 41.2 Å². The highest BCUT2D eigenvalue weighted by molar-refractivity contribution is 7.89. The van der Waals surface area contributed by atoms with E-state index < -0.39 is 9.84 Å². The SMILES string of the molecule is Cc1cccc(Cn2nccc2NC(=O)c2ccc(CS(C)(=O)=O)cc2)c1. The lowest BCUT2D eigenvalue weighted by atomic mass is 10.1. The van der Waals surface area contributed by atoms with Crippen LogP contribution in [0.15, 0.2) is 60.8 Å². The van der Waals surface area contributed by atoms with Crippen molar-refractivity contribution in [1.82, 2.24) is 9.78 Å². The molecule has 0 radical (unpaired) electrons. The van der Waals surface area contributed by atoms with Crippen LogP contribution in [-0.2, 0) is 22.1 Å². The van der Waals surface area contributed by atoms with E-state index in [2.05, 4.69) is 16.5 Å². The maximum Gasteiger partial charge on any atom is 0.256 e. The Balaban J connectivity index is 1.71. The van der Waals surface area contributed by atoms with E-state index in [4.69, 9.17) is 0 Å². The van der Waals surface area contributed by atoms with Crippen molar-refractivity contribution in [3.8, 4) is 0 Å². The molecular formula is C20H21N3O3S. The molecule has 7 heteroatoms. The summed E-state index contributed by atoms with van der Waals surface area (Å²) in [5, 5.41) is 7.13. The van der Waals surface area contributed by atoms with Crippen molar-refractivity contribution in [1.29, 1.82) is 0 Å². The molecule has 0 aliphatic heterocycles. The first-order chi connectivity index (χ1) is 12.8.